The highest BCUT2D eigenvalue weighted by Gasteiger charge is 2.24. The minimum atomic E-state index is -3.03. The van der Waals surface area contributed by atoms with E-state index in [1.807, 2.05) is 61.5 Å². The van der Waals surface area contributed by atoms with Crippen molar-refractivity contribution >= 4 is 28.8 Å². The number of hydrogen-bond acceptors (Lipinski definition) is 2. The van der Waals surface area contributed by atoms with Gasteiger partial charge in [0.05, 0.1) is 11.9 Å². The van der Waals surface area contributed by atoms with Gasteiger partial charge in [-0.25, -0.2) is 5.09 Å². The van der Waals surface area contributed by atoms with Crippen LogP contribution in [0, 0.1) is 0 Å². The molecule has 1 unspecified atom stereocenters. The number of nitrogens with one attached hydrogen (secondary N) is 1. The van der Waals surface area contributed by atoms with E-state index in [9.17, 15) is 4.57 Å². The van der Waals surface area contributed by atoms with Crippen LogP contribution < -0.4 is 10.4 Å². The minimum absolute atomic E-state index is 0.398. The van der Waals surface area contributed by atoms with Crippen LogP contribution in [-0.4, -0.2) is 6.61 Å². The molecular weight excluding hydrogens is 337 g/mol. The summed E-state index contributed by atoms with van der Waals surface area (Å²) in [5.74, 6) is 0. The van der Waals surface area contributed by atoms with Gasteiger partial charge >= 0.3 is 0 Å². The van der Waals surface area contributed by atoms with Crippen molar-refractivity contribution in [1.82, 2.24) is 5.09 Å². The smallest absolute Gasteiger partial charge is 0.300 e. The first-order valence-electron chi connectivity index (χ1n) is 6.44. The van der Waals surface area contributed by atoms with E-state index >= 15 is 0 Å². The summed E-state index contributed by atoms with van der Waals surface area (Å²) in [4.78, 5) is 0. The van der Waals surface area contributed by atoms with Crippen molar-refractivity contribution in [2.24, 2.45) is 0 Å². The summed E-state index contributed by atoms with van der Waals surface area (Å²) in [6.07, 6.45) is 0. The molecule has 0 aromatic heterocycles. The molecule has 0 spiro atoms. The lowest BCUT2D eigenvalue weighted by atomic mass is 10.2. The van der Waals surface area contributed by atoms with Gasteiger partial charge in [0.15, 0.2) is 0 Å². The van der Waals surface area contributed by atoms with Crippen LogP contribution in [0.4, 0.5) is 0 Å². The first kappa shape index (κ1) is 15.5. The van der Waals surface area contributed by atoms with Crippen LogP contribution >= 0.6 is 23.4 Å². The second-order valence-corrected chi connectivity index (χ2v) is 7.38. The van der Waals surface area contributed by atoms with Crippen LogP contribution in [0.1, 0.15) is 12.5 Å². The van der Waals surface area contributed by atoms with Gasteiger partial charge in [0, 0.05) is 11.0 Å². The zero-order valence-corrected chi connectivity index (χ0v) is 13.7. The molecule has 20 heavy (non-hydrogen) atoms. The normalized spacial score (nSPS) is 13.9. The molecule has 3 nitrogen and oxygen atoms in total. The molecular formula is C15H17BrNO2P. The second kappa shape index (κ2) is 7.19. The van der Waals surface area contributed by atoms with Crippen LogP contribution in [0.3, 0.4) is 0 Å². The molecule has 0 aliphatic rings. The van der Waals surface area contributed by atoms with E-state index in [1.54, 1.807) is 0 Å². The third-order valence-corrected chi connectivity index (χ3v) is 5.51. The van der Waals surface area contributed by atoms with Crippen LogP contribution in [0.5, 0.6) is 0 Å². The lowest BCUT2D eigenvalue weighted by Gasteiger charge is -2.19. The van der Waals surface area contributed by atoms with Crippen LogP contribution in [-0.2, 0) is 15.6 Å². The van der Waals surface area contributed by atoms with Crippen molar-refractivity contribution in [3.8, 4) is 0 Å². The van der Waals surface area contributed by atoms with Crippen LogP contribution in [0.15, 0.2) is 59.1 Å². The van der Waals surface area contributed by atoms with E-state index < -0.39 is 7.52 Å². The molecule has 0 saturated heterocycles. The first-order chi connectivity index (χ1) is 9.64. The monoisotopic (exact) mass is 353 g/mol. The molecule has 2 rings (SSSR count). The molecule has 0 aliphatic heterocycles. The number of hydrogen-bond donors (Lipinski definition) is 1. The Hall–Kier alpha value is -0.930. The Kier molecular flexibility index (Phi) is 5.55. The Labute approximate surface area is 128 Å². The van der Waals surface area contributed by atoms with Gasteiger partial charge in [-0.05, 0) is 36.8 Å². The van der Waals surface area contributed by atoms with E-state index in [-0.39, 0.29) is 0 Å². The molecule has 0 amide bonds. The highest BCUT2D eigenvalue weighted by Crippen LogP contribution is 2.41. The van der Waals surface area contributed by atoms with Crippen molar-refractivity contribution in [1.29, 1.82) is 0 Å². The van der Waals surface area contributed by atoms with Gasteiger partial charge in [0.1, 0.15) is 0 Å². The Morgan fingerprint density at radius 3 is 2.35 bits per heavy atom. The largest absolute Gasteiger partial charge is 0.315 e. The third-order valence-electron chi connectivity index (χ3n) is 2.81. The molecule has 0 radical (unpaired) electrons. The SMILES string of the molecule is CCOP(=O)(NCc1ccccc1)c1ccc(Br)cc1. The fraction of sp³-hybridized carbons (Fsp3) is 0.200. The number of rotatable bonds is 6. The van der Waals surface area contributed by atoms with Gasteiger partial charge in [-0.1, -0.05) is 46.3 Å². The molecule has 106 valence electrons. The lowest BCUT2D eigenvalue weighted by Crippen LogP contribution is -2.21. The molecule has 2 aromatic rings. The minimum Gasteiger partial charge on any atom is -0.315 e. The van der Waals surface area contributed by atoms with Crippen molar-refractivity contribution in [3.63, 3.8) is 0 Å². The standard InChI is InChI=1S/C15H17BrNO2P/c1-2-19-20(18,15-10-8-14(16)9-11-15)17-12-13-6-4-3-5-7-13/h3-11H,2,12H2,1H3,(H,17,18). The van der Waals surface area contributed by atoms with Crippen molar-refractivity contribution in [2.75, 3.05) is 6.61 Å². The van der Waals surface area contributed by atoms with Gasteiger partial charge < -0.3 is 4.52 Å². The maximum Gasteiger partial charge on any atom is 0.300 e. The summed E-state index contributed by atoms with van der Waals surface area (Å²) in [5, 5.41) is 3.75. The fourth-order valence-corrected chi connectivity index (χ4v) is 3.81. The zero-order valence-electron chi connectivity index (χ0n) is 11.3. The fourth-order valence-electron chi connectivity index (χ4n) is 1.82. The molecule has 0 fully saturated rings. The van der Waals surface area contributed by atoms with E-state index in [4.69, 9.17) is 4.52 Å². The summed E-state index contributed by atoms with van der Waals surface area (Å²) in [6.45, 7) is 2.75. The summed E-state index contributed by atoms with van der Waals surface area (Å²) in [6, 6.07) is 17.2. The van der Waals surface area contributed by atoms with Gasteiger partial charge in [-0.3, -0.25) is 4.57 Å². The van der Waals surface area contributed by atoms with E-state index in [0.717, 1.165) is 10.0 Å². The molecule has 5 heteroatoms. The van der Waals surface area contributed by atoms with E-state index in [0.29, 0.717) is 18.5 Å². The zero-order chi connectivity index (χ0) is 14.4. The quantitative estimate of drug-likeness (QED) is 0.794. The summed E-state index contributed by atoms with van der Waals surface area (Å²) < 4.78 is 19.4. The average molecular weight is 354 g/mol. The average Bonchev–Trinajstić information content (AvgIpc) is 2.47. The summed E-state index contributed by atoms with van der Waals surface area (Å²) in [5.41, 5.74) is 1.07. The Morgan fingerprint density at radius 1 is 1.10 bits per heavy atom. The predicted molar refractivity (Wildman–Crippen MR) is 86.3 cm³/mol. The van der Waals surface area contributed by atoms with Gasteiger partial charge in [-0.15, -0.1) is 0 Å². The van der Waals surface area contributed by atoms with Crippen LogP contribution in [0.2, 0.25) is 0 Å². The van der Waals surface area contributed by atoms with Crippen molar-refractivity contribution in [3.05, 3.63) is 64.6 Å². The summed E-state index contributed by atoms with van der Waals surface area (Å²) in [7, 11) is -3.03. The van der Waals surface area contributed by atoms with Gasteiger partial charge in [0.25, 0.3) is 7.52 Å². The van der Waals surface area contributed by atoms with Crippen LogP contribution in [0.25, 0.3) is 0 Å². The number of halogens is 1. The molecule has 0 aliphatic carbocycles. The molecule has 2 aromatic carbocycles. The molecule has 0 saturated carbocycles. The maximum absolute atomic E-state index is 13.0. The summed E-state index contributed by atoms with van der Waals surface area (Å²) >= 11 is 3.38. The second-order valence-electron chi connectivity index (χ2n) is 4.27. The highest BCUT2D eigenvalue weighted by molar-refractivity contribution is 9.10. The molecule has 1 atom stereocenters. The van der Waals surface area contributed by atoms with Gasteiger partial charge in [0.2, 0.25) is 0 Å². The Balaban J connectivity index is 2.17. The first-order valence-corrected chi connectivity index (χ1v) is 8.85. The Morgan fingerprint density at radius 2 is 1.75 bits per heavy atom. The molecule has 0 bridgehead atoms. The van der Waals surface area contributed by atoms with E-state index in [2.05, 4.69) is 21.0 Å². The highest BCUT2D eigenvalue weighted by atomic mass is 79.9. The topological polar surface area (TPSA) is 38.3 Å². The molecule has 0 heterocycles. The predicted octanol–water partition coefficient (Wildman–Crippen LogP) is 4.09. The van der Waals surface area contributed by atoms with Crippen molar-refractivity contribution in [2.45, 2.75) is 13.5 Å². The maximum atomic E-state index is 13.0. The van der Waals surface area contributed by atoms with Gasteiger partial charge in [-0.2, -0.15) is 0 Å². The number of benzene rings is 2. The van der Waals surface area contributed by atoms with Crippen molar-refractivity contribution < 1.29 is 9.09 Å². The Bertz CT molecular complexity index is 587. The van der Waals surface area contributed by atoms with E-state index in [1.165, 1.54) is 0 Å². The third kappa shape index (κ3) is 4.03. The molecule has 1 N–H and O–H groups in total. The lowest BCUT2D eigenvalue weighted by molar-refractivity contribution is 0.332.